The first-order chi connectivity index (χ1) is 8.74. The Bertz CT molecular complexity index is 602. The van der Waals surface area contributed by atoms with Crippen molar-refractivity contribution in [3.63, 3.8) is 0 Å². The summed E-state index contributed by atoms with van der Waals surface area (Å²) in [6.07, 6.45) is 0. The van der Waals surface area contributed by atoms with Crippen molar-refractivity contribution in [1.29, 1.82) is 0 Å². The van der Waals surface area contributed by atoms with Gasteiger partial charge in [0.05, 0.1) is 17.9 Å². The summed E-state index contributed by atoms with van der Waals surface area (Å²) in [4.78, 5) is 6.92. The normalized spacial score (nSPS) is 16.1. The van der Waals surface area contributed by atoms with Crippen molar-refractivity contribution in [2.75, 3.05) is 18.5 Å². The highest BCUT2D eigenvalue weighted by Gasteiger charge is 2.21. The SMILES string of the molecule is CN1CC(=Nc2ccc(Cl)cc2)c2ccccc21. The Morgan fingerprint density at radius 2 is 1.78 bits per heavy atom. The van der Waals surface area contributed by atoms with E-state index >= 15 is 0 Å². The topological polar surface area (TPSA) is 15.6 Å². The van der Waals surface area contributed by atoms with Gasteiger partial charge in [0.15, 0.2) is 0 Å². The molecular formula is C15H13ClN2. The quantitative estimate of drug-likeness (QED) is 0.755. The second-order valence-corrected chi connectivity index (χ2v) is 4.84. The molecule has 0 amide bonds. The van der Waals surface area contributed by atoms with Gasteiger partial charge in [0.1, 0.15) is 0 Å². The van der Waals surface area contributed by atoms with Crippen LogP contribution in [0.2, 0.25) is 5.02 Å². The minimum atomic E-state index is 0.739. The maximum Gasteiger partial charge on any atom is 0.0697 e. The molecule has 18 heavy (non-hydrogen) atoms. The van der Waals surface area contributed by atoms with Gasteiger partial charge in [-0.1, -0.05) is 29.8 Å². The Morgan fingerprint density at radius 3 is 2.56 bits per heavy atom. The lowest BCUT2D eigenvalue weighted by atomic mass is 10.1. The molecule has 1 heterocycles. The van der Waals surface area contributed by atoms with Gasteiger partial charge in [0.25, 0.3) is 0 Å². The van der Waals surface area contributed by atoms with Gasteiger partial charge in [-0.05, 0) is 30.3 Å². The van der Waals surface area contributed by atoms with Crippen LogP contribution in [-0.2, 0) is 0 Å². The minimum Gasteiger partial charge on any atom is -0.368 e. The molecule has 1 aliphatic rings. The number of hydrogen-bond acceptors (Lipinski definition) is 2. The zero-order valence-electron chi connectivity index (χ0n) is 10.1. The Balaban J connectivity index is 2.02. The number of aliphatic imine (C=N–C) groups is 1. The van der Waals surface area contributed by atoms with Crippen molar-refractivity contribution < 1.29 is 0 Å². The molecule has 0 aromatic heterocycles. The summed E-state index contributed by atoms with van der Waals surface area (Å²) in [5.74, 6) is 0. The first-order valence-electron chi connectivity index (χ1n) is 5.88. The van der Waals surface area contributed by atoms with Crippen LogP contribution in [0, 0.1) is 0 Å². The molecule has 3 rings (SSSR count). The highest BCUT2D eigenvalue weighted by molar-refractivity contribution is 6.30. The average Bonchev–Trinajstić information content (AvgIpc) is 2.70. The van der Waals surface area contributed by atoms with E-state index in [0.717, 1.165) is 23.0 Å². The van der Waals surface area contributed by atoms with Crippen LogP contribution >= 0.6 is 11.6 Å². The van der Waals surface area contributed by atoms with E-state index in [0.29, 0.717) is 0 Å². The number of anilines is 1. The van der Waals surface area contributed by atoms with Crippen molar-refractivity contribution in [1.82, 2.24) is 0 Å². The summed E-state index contributed by atoms with van der Waals surface area (Å²) < 4.78 is 0. The molecule has 0 atom stereocenters. The molecule has 3 heteroatoms. The van der Waals surface area contributed by atoms with E-state index in [1.54, 1.807) is 0 Å². The summed E-state index contributed by atoms with van der Waals surface area (Å²) in [5.41, 5.74) is 4.51. The highest BCUT2D eigenvalue weighted by Crippen LogP contribution is 2.28. The fraction of sp³-hybridized carbons (Fsp3) is 0.133. The van der Waals surface area contributed by atoms with Crippen LogP contribution in [0.5, 0.6) is 0 Å². The van der Waals surface area contributed by atoms with Gasteiger partial charge in [-0.15, -0.1) is 0 Å². The second-order valence-electron chi connectivity index (χ2n) is 4.41. The molecular weight excluding hydrogens is 244 g/mol. The van der Waals surface area contributed by atoms with E-state index in [9.17, 15) is 0 Å². The fourth-order valence-electron chi connectivity index (χ4n) is 2.21. The van der Waals surface area contributed by atoms with Crippen molar-refractivity contribution in [2.45, 2.75) is 0 Å². The maximum atomic E-state index is 5.88. The highest BCUT2D eigenvalue weighted by atomic mass is 35.5. The molecule has 90 valence electrons. The number of likely N-dealkylation sites (N-methyl/N-ethyl adjacent to an activating group) is 1. The third-order valence-electron chi connectivity index (χ3n) is 3.10. The summed E-state index contributed by atoms with van der Waals surface area (Å²) in [7, 11) is 2.09. The summed E-state index contributed by atoms with van der Waals surface area (Å²) in [6.45, 7) is 0.849. The van der Waals surface area contributed by atoms with E-state index in [1.807, 2.05) is 24.3 Å². The smallest absolute Gasteiger partial charge is 0.0697 e. The summed E-state index contributed by atoms with van der Waals surface area (Å²) >= 11 is 5.88. The monoisotopic (exact) mass is 256 g/mol. The third-order valence-corrected chi connectivity index (χ3v) is 3.36. The van der Waals surface area contributed by atoms with Gasteiger partial charge in [-0.2, -0.15) is 0 Å². The molecule has 0 aliphatic carbocycles. The second kappa shape index (κ2) is 4.46. The summed E-state index contributed by atoms with van der Waals surface area (Å²) in [5, 5.41) is 0.739. The zero-order chi connectivity index (χ0) is 12.5. The number of rotatable bonds is 1. The molecule has 0 fully saturated rings. The van der Waals surface area contributed by atoms with E-state index < -0.39 is 0 Å². The molecule has 0 spiro atoms. The molecule has 2 aromatic rings. The van der Waals surface area contributed by atoms with Crippen LogP contribution in [-0.4, -0.2) is 19.3 Å². The molecule has 0 saturated carbocycles. The number of hydrogen-bond donors (Lipinski definition) is 0. The predicted octanol–water partition coefficient (Wildman–Crippen LogP) is 3.91. The predicted molar refractivity (Wildman–Crippen MR) is 77.4 cm³/mol. The van der Waals surface area contributed by atoms with Crippen molar-refractivity contribution >= 4 is 28.7 Å². The fourth-order valence-corrected chi connectivity index (χ4v) is 2.34. The van der Waals surface area contributed by atoms with Crippen LogP contribution in [0.3, 0.4) is 0 Å². The van der Waals surface area contributed by atoms with Gasteiger partial charge in [0.2, 0.25) is 0 Å². The molecule has 0 saturated heterocycles. The van der Waals surface area contributed by atoms with Crippen LogP contribution < -0.4 is 4.90 Å². The van der Waals surface area contributed by atoms with E-state index in [-0.39, 0.29) is 0 Å². The standard InChI is InChI=1S/C15H13ClN2/c1-18-10-14(13-4-2-3-5-15(13)18)17-12-8-6-11(16)7-9-12/h2-9H,10H2,1H3. The summed E-state index contributed by atoms with van der Waals surface area (Å²) in [6, 6.07) is 16.0. The molecule has 2 nitrogen and oxygen atoms in total. The molecule has 0 N–H and O–H groups in total. The first-order valence-corrected chi connectivity index (χ1v) is 6.25. The average molecular weight is 257 g/mol. The van der Waals surface area contributed by atoms with Crippen molar-refractivity contribution in [3.05, 3.63) is 59.1 Å². The maximum absolute atomic E-state index is 5.88. The van der Waals surface area contributed by atoms with Crippen LogP contribution in [0.1, 0.15) is 5.56 Å². The Hall–Kier alpha value is -1.80. The largest absolute Gasteiger partial charge is 0.368 e. The number of halogens is 1. The van der Waals surface area contributed by atoms with Crippen LogP contribution in [0.25, 0.3) is 0 Å². The van der Waals surface area contributed by atoms with E-state index in [1.165, 1.54) is 11.3 Å². The van der Waals surface area contributed by atoms with Gasteiger partial charge in [-0.25, -0.2) is 0 Å². The third kappa shape index (κ3) is 2.00. The molecule has 2 aromatic carbocycles. The Labute approximate surface area is 112 Å². The molecule has 0 unspecified atom stereocenters. The van der Waals surface area contributed by atoms with E-state index in [2.05, 4.69) is 36.2 Å². The number of para-hydroxylation sites is 1. The minimum absolute atomic E-state index is 0.739. The lowest BCUT2D eigenvalue weighted by Gasteiger charge is -2.09. The Kier molecular flexibility index (Phi) is 2.80. The van der Waals surface area contributed by atoms with E-state index in [4.69, 9.17) is 16.6 Å². The zero-order valence-corrected chi connectivity index (χ0v) is 10.9. The molecule has 1 aliphatic heterocycles. The number of nitrogens with zero attached hydrogens (tertiary/aromatic N) is 2. The lowest BCUT2D eigenvalue weighted by molar-refractivity contribution is 1.09. The lowest BCUT2D eigenvalue weighted by Crippen LogP contribution is -2.16. The Morgan fingerprint density at radius 1 is 1.06 bits per heavy atom. The molecule has 0 radical (unpaired) electrons. The van der Waals surface area contributed by atoms with Gasteiger partial charge in [-0.3, -0.25) is 4.99 Å². The van der Waals surface area contributed by atoms with Gasteiger partial charge >= 0.3 is 0 Å². The van der Waals surface area contributed by atoms with Gasteiger partial charge in [0, 0.05) is 23.3 Å². The number of fused-ring (bicyclic) bond motifs is 1. The van der Waals surface area contributed by atoms with Crippen molar-refractivity contribution in [3.8, 4) is 0 Å². The van der Waals surface area contributed by atoms with Crippen LogP contribution in [0.15, 0.2) is 53.5 Å². The first kappa shape index (κ1) is 11.3. The van der Waals surface area contributed by atoms with Gasteiger partial charge < -0.3 is 4.90 Å². The van der Waals surface area contributed by atoms with Crippen molar-refractivity contribution in [2.24, 2.45) is 4.99 Å². The van der Waals surface area contributed by atoms with Crippen LogP contribution in [0.4, 0.5) is 11.4 Å². The number of benzene rings is 2. The molecule has 0 bridgehead atoms.